The Morgan fingerprint density at radius 2 is 1.94 bits per heavy atom. The van der Waals surface area contributed by atoms with Crippen LogP contribution in [0.15, 0.2) is 24.3 Å². The van der Waals surface area contributed by atoms with Crippen molar-refractivity contribution in [2.45, 2.75) is 44.7 Å². The van der Waals surface area contributed by atoms with E-state index < -0.39 is 0 Å². The van der Waals surface area contributed by atoms with Crippen LogP contribution in [0.4, 0.5) is 0 Å². The van der Waals surface area contributed by atoms with Crippen LogP contribution in [0, 0.1) is 0 Å². The zero-order valence-electron chi connectivity index (χ0n) is 9.42. The summed E-state index contributed by atoms with van der Waals surface area (Å²) in [5.74, 6) is 0. The molecule has 2 rings (SSSR count). The van der Waals surface area contributed by atoms with E-state index in [4.69, 9.17) is 11.6 Å². The topological polar surface area (TPSA) is 12.0 Å². The molecule has 0 atom stereocenters. The number of hydrogen-bond acceptors (Lipinski definition) is 1. The lowest BCUT2D eigenvalue weighted by Crippen LogP contribution is -2.30. The third kappa shape index (κ3) is 4.32. The highest BCUT2D eigenvalue weighted by Gasteiger charge is 2.11. The Morgan fingerprint density at radius 1 is 1.19 bits per heavy atom. The zero-order valence-corrected chi connectivity index (χ0v) is 11.0. The summed E-state index contributed by atoms with van der Waals surface area (Å²) in [5.41, 5.74) is 1.29. The summed E-state index contributed by atoms with van der Waals surface area (Å²) in [6.45, 7) is 0.950. The molecule has 0 amide bonds. The highest BCUT2D eigenvalue weighted by molar-refractivity contribution is 6.30. The minimum atomic E-state index is 0. The molecule has 90 valence electrons. The van der Waals surface area contributed by atoms with Crippen LogP contribution in [-0.2, 0) is 6.54 Å². The molecular weight excluding hydrogens is 241 g/mol. The van der Waals surface area contributed by atoms with Crippen molar-refractivity contribution in [2.75, 3.05) is 0 Å². The molecule has 0 unspecified atom stereocenters. The molecule has 0 spiro atoms. The molecule has 1 N–H and O–H groups in total. The lowest BCUT2D eigenvalue weighted by atomic mass is 9.95. The van der Waals surface area contributed by atoms with Crippen molar-refractivity contribution in [1.29, 1.82) is 0 Å². The van der Waals surface area contributed by atoms with Crippen LogP contribution < -0.4 is 5.32 Å². The predicted octanol–water partition coefficient (Wildman–Crippen LogP) is 4.18. The first-order valence-electron chi connectivity index (χ1n) is 5.82. The van der Waals surface area contributed by atoms with Gasteiger partial charge in [-0.3, -0.25) is 0 Å². The molecule has 0 saturated heterocycles. The minimum absolute atomic E-state index is 0. The maximum atomic E-state index is 5.94. The van der Waals surface area contributed by atoms with Crippen LogP contribution in [0.2, 0.25) is 5.02 Å². The fourth-order valence-electron chi connectivity index (χ4n) is 2.22. The maximum Gasteiger partial charge on any atom is 0.0409 e. The lowest BCUT2D eigenvalue weighted by molar-refractivity contribution is 0.372. The number of rotatable bonds is 3. The molecule has 3 heteroatoms. The molecule has 1 saturated carbocycles. The molecule has 1 aromatic rings. The van der Waals surface area contributed by atoms with Gasteiger partial charge in [-0.05, 0) is 30.5 Å². The Labute approximate surface area is 109 Å². The second-order valence-corrected chi connectivity index (χ2v) is 4.78. The fourth-order valence-corrected chi connectivity index (χ4v) is 2.43. The summed E-state index contributed by atoms with van der Waals surface area (Å²) in [4.78, 5) is 0. The van der Waals surface area contributed by atoms with E-state index in [2.05, 4.69) is 11.4 Å². The van der Waals surface area contributed by atoms with Gasteiger partial charge in [0.1, 0.15) is 0 Å². The van der Waals surface area contributed by atoms with Crippen molar-refractivity contribution in [3.8, 4) is 0 Å². The van der Waals surface area contributed by atoms with E-state index in [-0.39, 0.29) is 12.4 Å². The van der Waals surface area contributed by atoms with E-state index in [0.29, 0.717) is 0 Å². The van der Waals surface area contributed by atoms with Gasteiger partial charge in [-0.2, -0.15) is 0 Å². The maximum absolute atomic E-state index is 5.94. The van der Waals surface area contributed by atoms with Gasteiger partial charge in [0.15, 0.2) is 0 Å². The fraction of sp³-hybridized carbons (Fsp3) is 0.538. The van der Waals surface area contributed by atoms with E-state index in [9.17, 15) is 0 Å². The van der Waals surface area contributed by atoms with E-state index in [1.165, 1.54) is 37.7 Å². The Kier molecular flexibility index (Phi) is 6.18. The van der Waals surface area contributed by atoms with Crippen LogP contribution in [0.3, 0.4) is 0 Å². The van der Waals surface area contributed by atoms with Gasteiger partial charge in [-0.15, -0.1) is 12.4 Å². The Morgan fingerprint density at radius 3 is 2.62 bits per heavy atom. The molecule has 1 nitrogen and oxygen atoms in total. The van der Waals surface area contributed by atoms with Gasteiger partial charge >= 0.3 is 0 Å². The number of benzene rings is 1. The molecule has 0 bridgehead atoms. The Bertz CT molecular complexity index is 309. The van der Waals surface area contributed by atoms with Crippen LogP contribution in [-0.4, -0.2) is 6.04 Å². The minimum Gasteiger partial charge on any atom is -0.310 e. The van der Waals surface area contributed by atoms with E-state index in [1.807, 2.05) is 18.2 Å². The third-order valence-electron chi connectivity index (χ3n) is 3.09. The third-order valence-corrected chi connectivity index (χ3v) is 3.32. The quantitative estimate of drug-likeness (QED) is 0.859. The summed E-state index contributed by atoms with van der Waals surface area (Å²) < 4.78 is 0. The van der Waals surface area contributed by atoms with Crippen LogP contribution in [0.1, 0.15) is 37.7 Å². The van der Waals surface area contributed by atoms with Gasteiger partial charge in [-0.25, -0.2) is 0 Å². The summed E-state index contributed by atoms with van der Waals surface area (Å²) in [7, 11) is 0. The summed E-state index contributed by atoms with van der Waals surface area (Å²) in [6.07, 6.45) is 6.84. The Hall–Kier alpha value is -0.240. The van der Waals surface area contributed by atoms with Gasteiger partial charge < -0.3 is 5.32 Å². The zero-order chi connectivity index (χ0) is 10.5. The largest absolute Gasteiger partial charge is 0.310 e. The van der Waals surface area contributed by atoms with Crippen molar-refractivity contribution in [3.05, 3.63) is 34.9 Å². The normalized spacial score (nSPS) is 16.8. The molecule has 1 aromatic carbocycles. The first-order chi connectivity index (χ1) is 7.34. The number of nitrogens with one attached hydrogen (secondary N) is 1. The first kappa shape index (κ1) is 13.8. The molecule has 0 aromatic heterocycles. The standard InChI is InChI=1S/C13H18ClN.ClH/c14-12-6-4-5-11(9-12)10-15-13-7-2-1-3-8-13;/h4-6,9,13,15H,1-3,7-8,10H2;1H. The monoisotopic (exact) mass is 259 g/mol. The summed E-state index contributed by atoms with van der Waals surface area (Å²) in [5, 5.41) is 4.44. The molecule has 1 aliphatic rings. The van der Waals surface area contributed by atoms with E-state index in [1.54, 1.807) is 0 Å². The molecule has 1 aliphatic carbocycles. The van der Waals surface area contributed by atoms with Crippen LogP contribution in [0.25, 0.3) is 0 Å². The smallest absolute Gasteiger partial charge is 0.0409 e. The Balaban J connectivity index is 0.00000128. The number of hydrogen-bond donors (Lipinski definition) is 1. The molecule has 0 heterocycles. The molecule has 0 radical (unpaired) electrons. The van der Waals surface area contributed by atoms with Crippen molar-refractivity contribution in [1.82, 2.24) is 5.32 Å². The van der Waals surface area contributed by atoms with Gasteiger partial charge in [0.25, 0.3) is 0 Å². The number of halogens is 2. The second kappa shape index (κ2) is 7.16. The average Bonchev–Trinajstić information content (AvgIpc) is 2.28. The SMILES string of the molecule is Cl.Clc1cccc(CNC2CCCCC2)c1. The second-order valence-electron chi connectivity index (χ2n) is 4.35. The van der Waals surface area contributed by atoms with Gasteiger partial charge in [0.2, 0.25) is 0 Å². The first-order valence-corrected chi connectivity index (χ1v) is 6.20. The predicted molar refractivity (Wildman–Crippen MR) is 72.4 cm³/mol. The van der Waals surface area contributed by atoms with Crippen molar-refractivity contribution in [3.63, 3.8) is 0 Å². The average molecular weight is 260 g/mol. The van der Waals surface area contributed by atoms with Crippen LogP contribution in [0.5, 0.6) is 0 Å². The molecule has 16 heavy (non-hydrogen) atoms. The van der Waals surface area contributed by atoms with Gasteiger partial charge in [0.05, 0.1) is 0 Å². The van der Waals surface area contributed by atoms with Crippen molar-refractivity contribution in [2.24, 2.45) is 0 Å². The van der Waals surface area contributed by atoms with Crippen LogP contribution >= 0.6 is 24.0 Å². The molecule has 0 aliphatic heterocycles. The van der Waals surface area contributed by atoms with E-state index in [0.717, 1.165) is 17.6 Å². The molecule has 1 fully saturated rings. The highest BCUT2D eigenvalue weighted by Crippen LogP contribution is 2.18. The van der Waals surface area contributed by atoms with E-state index >= 15 is 0 Å². The van der Waals surface area contributed by atoms with Gasteiger partial charge in [0, 0.05) is 17.6 Å². The van der Waals surface area contributed by atoms with Crippen molar-refractivity contribution >= 4 is 24.0 Å². The van der Waals surface area contributed by atoms with Crippen molar-refractivity contribution < 1.29 is 0 Å². The summed E-state index contributed by atoms with van der Waals surface area (Å²) >= 11 is 5.94. The highest BCUT2D eigenvalue weighted by atomic mass is 35.5. The molecular formula is C13H19Cl2N. The summed E-state index contributed by atoms with van der Waals surface area (Å²) in [6, 6.07) is 8.82. The van der Waals surface area contributed by atoms with Gasteiger partial charge in [-0.1, -0.05) is 43.0 Å². The lowest BCUT2D eigenvalue weighted by Gasteiger charge is -2.22.